The molecule has 1 atom stereocenters. The van der Waals surface area contributed by atoms with E-state index in [4.69, 9.17) is 4.42 Å². The zero-order valence-corrected chi connectivity index (χ0v) is 17.1. The van der Waals surface area contributed by atoms with E-state index in [0.29, 0.717) is 23.1 Å². The lowest BCUT2D eigenvalue weighted by atomic mass is 9.62. The second-order valence-electron chi connectivity index (χ2n) is 8.49. The smallest absolute Gasteiger partial charge is 0.228 e. The van der Waals surface area contributed by atoms with Crippen molar-refractivity contribution in [1.82, 2.24) is 5.32 Å². The fourth-order valence-corrected chi connectivity index (χ4v) is 6.70. The number of fused-ring (bicyclic) bond motifs is 3. The zero-order chi connectivity index (χ0) is 21.9. The summed E-state index contributed by atoms with van der Waals surface area (Å²) in [7, 11) is -3.91. The number of benzene rings is 1. The van der Waals surface area contributed by atoms with E-state index in [1.165, 1.54) is 18.4 Å². The molecule has 1 N–H and O–H groups in total. The molecule has 0 radical (unpaired) electrons. The molecule has 1 aromatic carbocycles. The summed E-state index contributed by atoms with van der Waals surface area (Å²) in [6.45, 7) is 1.93. The highest BCUT2D eigenvalue weighted by molar-refractivity contribution is 7.96. The van der Waals surface area contributed by atoms with Crippen LogP contribution in [0.3, 0.4) is 0 Å². The molecule has 6 rings (SSSR count). The van der Waals surface area contributed by atoms with Gasteiger partial charge in [-0.2, -0.15) is 0 Å². The summed E-state index contributed by atoms with van der Waals surface area (Å²) >= 11 is 0. The lowest BCUT2D eigenvalue weighted by molar-refractivity contribution is 0.0955. The lowest BCUT2D eigenvalue weighted by Crippen LogP contribution is -2.42. The van der Waals surface area contributed by atoms with Crippen LogP contribution < -0.4 is 5.32 Å². The number of ketones is 4. The van der Waals surface area contributed by atoms with Gasteiger partial charge in [0.1, 0.15) is 16.9 Å². The minimum atomic E-state index is -3.91. The SMILES string of the molecule is C[C@@]12CCC(=O)c3coc(c31)C(=O)c1cc3c(cc12)C(=O)C1=C(C3=O)S(=O)(=O)CCN1. The zero-order valence-electron chi connectivity index (χ0n) is 16.3. The summed E-state index contributed by atoms with van der Waals surface area (Å²) in [6, 6.07) is 2.83. The molecule has 0 unspecified atom stereocenters. The van der Waals surface area contributed by atoms with Gasteiger partial charge in [0.15, 0.2) is 21.4 Å². The molecule has 0 bridgehead atoms. The van der Waals surface area contributed by atoms with E-state index in [-0.39, 0.29) is 52.6 Å². The van der Waals surface area contributed by atoms with Crippen molar-refractivity contribution >= 4 is 33.0 Å². The number of hydrogen-bond acceptors (Lipinski definition) is 8. The van der Waals surface area contributed by atoms with Gasteiger partial charge in [-0.25, -0.2) is 8.42 Å². The molecule has 0 fully saturated rings. The molecule has 1 aliphatic heterocycles. The maximum atomic E-state index is 13.2. The van der Waals surface area contributed by atoms with Crippen LogP contribution in [-0.4, -0.2) is 43.8 Å². The first-order valence-corrected chi connectivity index (χ1v) is 11.5. The number of Topliss-reactive ketones (excluding diaryl/α,β-unsaturated/α-hetero) is 3. The van der Waals surface area contributed by atoms with Crippen molar-refractivity contribution in [1.29, 1.82) is 0 Å². The largest absolute Gasteiger partial charge is 0.460 e. The van der Waals surface area contributed by atoms with Crippen LogP contribution in [0.2, 0.25) is 0 Å². The molecule has 0 amide bonds. The van der Waals surface area contributed by atoms with Crippen molar-refractivity contribution in [2.24, 2.45) is 0 Å². The van der Waals surface area contributed by atoms with Crippen LogP contribution in [0.15, 0.2) is 33.4 Å². The minimum absolute atomic E-state index is 0.0422. The van der Waals surface area contributed by atoms with Gasteiger partial charge in [-0.1, -0.05) is 6.92 Å². The van der Waals surface area contributed by atoms with Crippen LogP contribution in [0.5, 0.6) is 0 Å². The topological polar surface area (TPSA) is 128 Å². The van der Waals surface area contributed by atoms with Gasteiger partial charge in [0.05, 0.1) is 11.3 Å². The summed E-state index contributed by atoms with van der Waals surface area (Å²) in [5.41, 5.74) is 0.633. The predicted molar refractivity (Wildman–Crippen MR) is 106 cm³/mol. The summed E-state index contributed by atoms with van der Waals surface area (Å²) in [4.78, 5) is 51.3. The van der Waals surface area contributed by atoms with Crippen LogP contribution in [0.25, 0.3) is 0 Å². The monoisotopic (exact) mass is 437 g/mol. The maximum absolute atomic E-state index is 13.2. The highest BCUT2D eigenvalue weighted by atomic mass is 32.2. The third-order valence-electron chi connectivity index (χ3n) is 6.83. The summed E-state index contributed by atoms with van der Waals surface area (Å²) in [5.74, 6) is -2.20. The standard InChI is InChI=1S/C22H15NO7S/c1-22-3-2-14(24)12-8-30-20(15(12)22)18(26)11-6-9-10(7-13(11)22)17(25)16-21(19(9)27)31(28,29)5-4-23-16/h6-8,23H,2-5H2,1H3/t22-/m0/s1. The van der Waals surface area contributed by atoms with Crippen LogP contribution in [-0.2, 0) is 15.3 Å². The van der Waals surface area contributed by atoms with Crippen molar-refractivity contribution in [2.45, 2.75) is 25.2 Å². The van der Waals surface area contributed by atoms with Crippen molar-refractivity contribution in [3.05, 3.63) is 68.1 Å². The van der Waals surface area contributed by atoms with Gasteiger partial charge in [-0.15, -0.1) is 0 Å². The predicted octanol–water partition coefficient (Wildman–Crippen LogP) is 1.72. The highest BCUT2D eigenvalue weighted by Gasteiger charge is 2.50. The first-order valence-electron chi connectivity index (χ1n) is 9.84. The Kier molecular flexibility index (Phi) is 3.26. The molecule has 0 saturated carbocycles. The van der Waals surface area contributed by atoms with Crippen LogP contribution in [0.1, 0.15) is 78.1 Å². The number of furan rings is 1. The van der Waals surface area contributed by atoms with Crippen LogP contribution >= 0.6 is 0 Å². The molecule has 4 aliphatic rings. The molecule has 3 aliphatic carbocycles. The molecule has 0 saturated heterocycles. The second kappa shape index (κ2) is 5.47. The van der Waals surface area contributed by atoms with Gasteiger partial charge in [-0.3, -0.25) is 19.2 Å². The Morgan fingerprint density at radius 3 is 2.48 bits per heavy atom. The number of allylic oxidation sites excluding steroid dienone is 2. The Morgan fingerprint density at radius 1 is 0.968 bits per heavy atom. The number of carbonyl (C=O) groups is 4. The van der Waals surface area contributed by atoms with E-state index in [2.05, 4.69) is 5.32 Å². The summed E-state index contributed by atoms with van der Waals surface area (Å²) in [6.07, 6.45) is 1.98. The Labute approximate surface area is 176 Å². The first kappa shape index (κ1) is 18.4. The van der Waals surface area contributed by atoms with E-state index in [1.54, 1.807) is 0 Å². The van der Waals surface area contributed by atoms with E-state index in [1.807, 2.05) is 6.92 Å². The number of carbonyl (C=O) groups excluding carboxylic acids is 4. The molecule has 2 heterocycles. The molecule has 1 aromatic heterocycles. The highest BCUT2D eigenvalue weighted by Crippen LogP contribution is 2.50. The Bertz CT molecular complexity index is 1460. The third-order valence-corrected chi connectivity index (χ3v) is 8.58. The lowest BCUT2D eigenvalue weighted by Gasteiger charge is -2.39. The van der Waals surface area contributed by atoms with E-state index in [0.717, 1.165) is 0 Å². The minimum Gasteiger partial charge on any atom is -0.460 e. The number of nitrogens with one attached hydrogen (secondary N) is 1. The Morgan fingerprint density at radius 2 is 1.71 bits per heavy atom. The average Bonchev–Trinajstić information content (AvgIpc) is 3.19. The second-order valence-corrected chi connectivity index (χ2v) is 10.5. The third kappa shape index (κ3) is 2.06. The molecule has 156 valence electrons. The number of rotatable bonds is 0. The van der Waals surface area contributed by atoms with Crippen molar-refractivity contribution in [3.63, 3.8) is 0 Å². The van der Waals surface area contributed by atoms with Crippen molar-refractivity contribution < 1.29 is 32.0 Å². The maximum Gasteiger partial charge on any atom is 0.228 e. The molecular formula is C22H15NO7S. The number of hydrogen-bond donors (Lipinski definition) is 1. The van der Waals surface area contributed by atoms with Gasteiger partial charge in [0.25, 0.3) is 0 Å². The van der Waals surface area contributed by atoms with E-state index >= 15 is 0 Å². The summed E-state index contributed by atoms with van der Waals surface area (Å²) < 4.78 is 30.5. The van der Waals surface area contributed by atoms with Crippen molar-refractivity contribution in [3.8, 4) is 0 Å². The van der Waals surface area contributed by atoms with Crippen LogP contribution in [0, 0.1) is 0 Å². The molecule has 0 spiro atoms. The number of sulfone groups is 1. The van der Waals surface area contributed by atoms with Gasteiger partial charge in [-0.05, 0) is 24.1 Å². The normalized spacial score (nSPS) is 25.5. The average molecular weight is 437 g/mol. The molecule has 2 aromatic rings. The van der Waals surface area contributed by atoms with Gasteiger partial charge in [0.2, 0.25) is 17.3 Å². The van der Waals surface area contributed by atoms with E-state index < -0.39 is 37.5 Å². The molecule has 8 nitrogen and oxygen atoms in total. The van der Waals surface area contributed by atoms with Crippen LogP contribution in [0.4, 0.5) is 0 Å². The van der Waals surface area contributed by atoms with Gasteiger partial charge in [0, 0.05) is 40.6 Å². The summed E-state index contributed by atoms with van der Waals surface area (Å²) in [5, 5.41) is 2.76. The quantitative estimate of drug-likeness (QED) is 0.660. The van der Waals surface area contributed by atoms with Gasteiger partial charge < -0.3 is 9.73 Å². The molecule has 9 heteroatoms. The Hall–Kier alpha value is -3.33. The first-order chi connectivity index (χ1) is 14.6. The Balaban J connectivity index is 1.64. The molecular weight excluding hydrogens is 422 g/mol. The van der Waals surface area contributed by atoms with Crippen molar-refractivity contribution in [2.75, 3.05) is 12.3 Å². The molecule has 31 heavy (non-hydrogen) atoms. The fourth-order valence-electron chi connectivity index (χ4n) is 5.26. The van der Waals surface area contributed by atoms with E-state index in [9.17, 15) is 27.6 Å². The fraction of sp³-hybridized carbons (Fsp3) is 0.273. The van der Waals surface area contributed by atoms with Gasteiger partial charge >= 0.3 is 0 Å².